The van der Waals surface area contributed by atoms with E-state index in [9.17, 15) is 0 Å². The van der Waals surface area contributed by atoms with Crippen molar-refractivity contribution < 1.29 is 0 Å². The molecule has 20 aromatic rings. The van der Waals surface area contributed by atoms with Crippen LogP contribution in [0.4, 0.5) is 0 Å². The molecule has 0 N–H and O–H groups in total. The summed E-state index contributed by atoms with van der Waals surface area (Å²) < 4.78 is 0. The summed E-state index contributed by atoms with van der Waals surface area (Å²) in [6.07, 6.45) is 23.7. The first-order valence-electron chi connectivity index (χ1n) is 40.4. The zero-order valence-electron chi connectivity index (χ0n) is 71.8. The van der Waals surface area contributed by atoms with Gasteiger partial charge in [0.25, 0.3) is 0 Å². The molecule has 0 atom stereocenters. The minimum absolute atomic E-state index is 0.759. The van der Waals surface area contributed by atoms with E-state index in [4.69, 9.17) is 0 Å². The number of fused-ring (bicyclic) bond motifs is 5. The minimum Gasteiger partial charge on any atom is -0.265 e. The maximum absolute atomic E-state index is 3.98. The van der Waals surface area contributed by atoms with Crippen molar-refractivity contribution >= 4 is 53.9 Å². The van der Waals surface area contributed by atoms with Gasteiger partial charge < -0.3 is 0 Å². The van der Waals surface area contributed by atoms with E-state index in [1.165, 1.54) is 151 Å². The van der Waals surface area contributed by atoms with E-state index in [-0.39, 0.29) is 0 Å². The second kappa shape index (κ2) is 51.1. The number of rotatable bonds is 3. The minimum atomic E-state index is 0.759. The Kier molecular flexibility index (Phi) is 38.1. The van der Waals surface area contributed by atoms with Crippen LogP contribution in [-0.4, -0.2) is 59.8 Å². The van der Waals surface area contributed by atoms with Crippen molar-refractivity contribution in [2.75, 3.05) is 0 Å². The predicted octanol–water partition coefficient (Wildman–Crippen LogP) is 27.4. The molecule has 0 radical (unpaired) electrons. The van der Waals surface area contributed by atoms with E-state index in [1.807, 2.05) is 109 Å². The maximum Gasteiger partial charge on any atom is 0.128 e. The first-order chi connectivity index (χ1) is 59.5. The molecule has 0 saturated heterocycles. The van der Waals surface area contributed by atoms with Gasteiger partial charge in [0, 0.05) is 73.4 Å². The quantitative estimate of drug-likeness (QED) is 0.165. The van der Waals surface area contributed by atoms with E-state index in [0.29, 0.717) is 0 Å². The summed E-state index contributed by atoms with van der Waals surface area (Å²) in [6.45, 7) is 24.3. The van der Waals surface area contributed by atoms with Crippen molar-refractivity contribution in [3.8, 4) is 33.4 Å². The molecular formula is C110H106N12. The van der Waals surface area contributed by atoms with Crippen molar-refractivity contribution in [1.29, 1.82) is 0 Å². The molecule has 0 spiro atoms. The molecule has 0 unspecified atom stereocenters. The van der Waals surface area contributed by atoms with E-state index in [1.54, 1.807) is 61.8 Å². The zero-order valence-corrected chi connectivity index (χ0v) is 71.8. The molecule has 0 aliphatic heterocycles. The molecule has 12 nitrogen and oxygen atoms in total. The van der Waals surface area contributed by atoms with Gasteiger partial charge in [0.1, 0.15) is 37.0 Å². The van der Waals surface area contributed by atoms with Gasteiger partial charge in [-0.3, -0.25) is 15.0 Å². The van der Waals surface area contributed by atoms with Crippen LogP contribution in [-0.2, 0) is 0 Å². The fourth-order valence-electron chi connectivity index (χ4n) is 12.2. The van der Waals surface area contributed by atoms with Gasteiger partial charge in [0.15, 0.2) is 0 Å². The van der Waals surface area contributed by atoms with Crippen LogP contribution in [0.25, 0.3) is 87.2 Å². The second-order valence-corrected chi connectivity index (χ2v) is 28.6. The number of nitrogens with zero attached hydrogens (tertiary/aromatic N) is 12. The molecule has 606 valence electrons. The fourth-order valence-corrected chi connectivity index (χ4v) is 12.2. The highest BCUT2D eigenvalue weighted by molar-refractivity contribution is 5.99. The van der Waals surface area contributed by atoms with Gasteiger partial charge in [-0.25, -0.2) is 44.9 Å². The summed E-state index contributed by atoms with van der Waals surface area (Å²) in [4.78, 5) is 45.7. The highest BCUT2D eigenvalue weighted by Gasteiger charge is 2.07. The van der Waals surface area contributed by atoms with E-state index >= 15 is 0 Å². The van der Waals surface area contributed by atoms with Gasteiger partial charge in [0.2, 0.25) is 0 Å². The van der Waals surface area contributed by atoms with Crippen LogP contribution in [0.1, 0.15) is 67.5 Å². The molecule has 0 saturated carbocycles. The fraction of sp³-hybridized carbons (Fsp3) is 0.109. The van der Waals surface area contributed by atoms with Crippen LogP contribution in [0.15, 0.2) is 427 Å². The smallest absolute Gasteiger partial charge is 0.128 e. The predicted molar refractivity (Wildman–Crippen MR) is 512 cm³/mol. The van der Waals surface area contributed by atoms with Crippen molar-refractivity contribution in [2.24, 2.45) is 0 Å². The lowest BCUT2D eigenvalue weighted by molar-refractivity contribution is 0.974. The van der Waals surface area contributed by atoms with Gasteiger partial charge in [-0.05, 0) is 252 Å². The van der Waals surface area contributed by atoms with Gasteiger partial charge in [0.05, 0.1) is 0 Å². The third kappa shape index (κ3) is 32.4. The number of aromatic nitrogens is 12. The molecule has 12 heteroatoms. The molecule has 122 heavy (non-hydrogen) atoms. The van der Waals surface area contributed by atoms with Crippen LogP contribution in [0.3, 0.4) is 0 Å². The van der Waals surface area contributed by atoms with Crippen molar-refractivity contribution in [1.82, 2.24) is 59.8 Å². The normalized spacial score (nSPS) is 9.80. The standard InChI is InChI=1S/3C17H14.2C11H10.3C6H7N.3C5H6N2.C4H5N3/c1-13-7-5-12-17-15(13)10-6-11-16(17)14-8-3-2-4-9-14;1-13-11-15-9-5-6-10-16(15)17(12-13)14-7-3-2-4-8-14;1-13-7-8-17-12-16(10-9-15(17)11-13)14-5-3-2-4-6-14;1-9-5-4-7-10-6-2-3-8-11(9)10;1-9-6-7-10-4-2-3-5-11(10)8-9;1-6-2-4-7-5-3-6;1-6-3-2-4-7-5-6;1-6-4-2-3-5-7-6;1-5-2-6-4-7-3-5;1-5-2-3-6-4-7-5;1-5-6-3-2-4-7-5;1-4-6-2-5-3-7-4/h3*2-12H,1H3;2*2-8H,1H3;3*2-5H,1H3;3*2-4H,1H3;2-3H,1H3. The van der Waals surface area contributed by atoms with Crippen LogP contribution < -0.4 is 0 Å². The van der Waals surface area contributed by atoms with Gasteiger partial charge in [-0.15, -0.1) is 0 Å². The van der Waals surface area contributed by atoms with Crippen LogP contribution >= 0.6 is 0 Å². The molecule has 0 bridgehead atoms. The number of hydrogen-bond donors (Lipinski definition) is 0. The van der Waals surface area contributed by atoms with Gasteiger partial charge in [-0.2, -0.15) is 0 Å². The number of pyridine rings is 3. The lowest BCUT2D eigenvalue weighted by atomic mass is 9.96. The van der Waals surface area contributed by atoms with Crippen molar-refractivity contribution in [2.45, 2.75) is 83.1 Å². The van der Waals surface area contributed by atoms with Crippen LogP contribution in [0.2, 0.25) is 0 Å². The SMILES string of the molecule is Cc1cc(-c2ccccc2)c2ccccc2c1.Cc1ccc2cc(-c3ccccc3)ccc2c1.Cc1ccc2ccccc2c1.Cc1cccc2c(-c3ccccc3)cccc12.Cc1cccc2ccccc12.Cc1ccccn1.Cc1cccnc1.Cc1ccncc1.Cc1ccncn1.Cc1cncnc1.Cc1ncccn1.Cc1ncncn1. The number of benzene rings is 13. The lowest BCUT2D eigenvalue weighted by Gasteiger charge is -2.08. The summed E-state index contributed by atoms with van der Waals surface area (Å²) in [5.74, 6) is 1.58. The topological polar surface area (TPSA) is 155 Å². The maximum atomic E-state index is 3.98. The van der Waals surface area contributed by atoms with Gasteiger partial charge >= 0.3 is 0 Å². The Labute approximate surface area is 720 Å². The summed E-state index contributed by atoms with van der Waals surface area (Å²) in [7, 11) is 0. The van der Waals surface area contributed by atoms with Crippen LogP contribution in [0, 0.1) is 83.1 Å². The summed E-state index contributed by atoms with van der Waals surface area (Å²) in [5, 5.41) is 13.2. The van der Waals surface area contributed by atoms with Gasteiger partial charge in [-0.1, -0.05) is 302 Å². The highest BCUT2D eigenvalue weighted by atomic mass is 15.0. The summed E-state index contributed by atoms with van der Waals surface area (Å²) >= 11 is 0. The first kappa shape index (κ1) is 90.8. The molecule has 13 aromatic carbocycles. The number of aryl methyl sites for hydroxylation is 12. The second-order valence-electron chi connectivity index (χ2n) is 28.6. The van der Waals surface area contributed by atoms with Crippen LogP contribution in [0.5, 0.6) is 0 Å². The average molecular weight is 1600 g/mol. The molecule has 20 rings (SSSR count). The molecule has 0 aliphatic rings. The molecule has 0 aliphatic carbocycles. The Morgan fingerprint density at radius 3 is 1.15 bits per heavy atom. The number of hydrogen-bond acceptors (Lipinski definition) is 12. The van der Waals surface area contributed by atoms with Crippen molar-refractivity contribution in [3.63, 3.8) is 0 Å². The molecule has 7 heterocycles. The first-order valence-corrected chi connectivity index (χ1v) is 40.4. The summed E-state index contributed by atoms with van der Waals surface area (Å²) in [5.41, 5.74) is 20.0. The van der Waals surface area contributed by atoms with Crippen molar-refractivity contribution in [3.05, 3.63) is 495 Å². The molecular weight excluding hydrogens is 1490 g/mol. The largest absolute Gasteiger partial charge is 0.265 e. The third-order valence-corrected chi connectivity index (χ3v) is 18.5. The Balaban J connectivity index is 0.000000154. The summed E-state index contributed by atoms with van der Waals surface area (Å²) in [6, 6.07) is 118. The molecule has 0 fully saturated rings. The van der Waals surface area contributed by atoms with E-state index < -0.39 is 0 Å². The Hall–Kier alpha value is -15.1. The lowest BCUT2D eigenvalue weighted by Crippen LogP contribution is -1.84. The average Bonchev–Trinajstić information content (AvgIpc) is 0.802. The highest BCUT2D eigenvalue weighted by Crippen LogP contribution is 2.32. The zero-order chi connectivity index (χ0) is 86.1. The molecule has 7 aromatic heterocycles. The monoisotopic (exact) mass is 1590 g/mol. The Morgan fingerprint density at radius 1 is 0.172 bits per heavy atom. The third-order valence-electron chi connectivity index (χ3n) is 18.5. The molecule has 0 amide bonds. The van der Waals surface area contributed by atoms with E-state index in [2.05, 4.69) is 373 Å². The Morgan fingerprint density at radius 2 is 0.639 bits per heavy atom. The van der Waals surface area contributed by atoms with E-state index in [0.717, 1.165) is 28.6 Å². The Bertz CT molecular complexity index is 5930.